The fourth-order valence-electron chi connectivity index (χ4n) is 0.135. The van der Waals surface area contributed by atoms with E-state index in [2.05, 4.69) is 0 Å². The van der Waals surface area contributed by atoms with E-state index in [0.29, 0.717) is 6.42 Å². The van der Waals surface area contributed by atoms with Crippen molar-refractivity contribution in [3.8, 4) is 0 Å². The number of hydrogen-bond donors (Lipinski definition) is 2. The quantitative estimate of drug-likeness (QED) is 0.584. The van der Waals surface area contributed by atoms with Crippen molar-refractivity contribution in [2.24, 2.45) is 0 Å². The van der Waals surface area contributed by atoms with Gasteiger partial charge in [-0.25, -0.2) is 0 Å². The standard InChI is InChI=1S/C3H6I2O2/c4-3(5,7)1-2-6/h6-7H,1-2H2. The van der Waals surface area contributed by atoms with Crippen molar-refractivity contribution in [3.63, 3.8) is 0 Å². The van der Waals surface area contributed by atoms with Crippen LogP contribution >= 0.6 is 45.2 Å². The normalized spacial score (nSPS) is 12.0. The minimum atomic E-state index is -0.760. The molecule has 7 heavy (non-hydrogen) atoms. The Kier molecular flexibility index (Phi) is 4.09. The molecule has 2 nitrogen and oxygen atoms in total. The molecule has 4 heteroatoms. The lowest BCUT2D eigenvalue weighted by Crippen LogP contribution is -2.10. The maximum Gasteiger partial charge on any atom is 0.168 e. The first-order chi connectivity index (χ1) is 3.06. The summed E-state index contributed by atoms with van der Waals surface area (Å²) >= 11 is 3.72. The zero-order valence-electron chi connectivity index (χ0n) is 3.56. The molecule has 0 heterocycles. The molecule has 0 aromatic rings. The fraction of sp³-hybridized carbons (Fsp3) is 1.00. The van der Waals surface area contributed by atoms with Crippen LogP contribution in [0.25, 0.3) is 0 Å². The average Bonchev–Trinajstić information content (AvgIpc) is 1.30. The van der Waals surface area contributed by atoms with E-state index in [1.54, 1.807) is 0 Å². The molecular weight excluding hydrogens is 322 g/mol. The predicted octanol–water partition coefficient (Wildman–Crippen LogP) is 0.885. The van der Waals surface area contributed by atoms with Crippen molar-refractivity contribution >= 4 is 45.2 Å². The summed E-state index contributed by atoms with van der Waals surface area (Å²) in [6.45, 7) is 0.0440. The molecule has 0 aliphatic carbocycles. The smallest absolute Gasteiger partial charge is 0.168 e. The first kappa shape index (κ1) is 8.38. The van der Waals surface area contributed by atoms with E-state index in [1.165, 1.54) is 0 Å². The zero-order valence-corrected chi connectivity index (χ0v) is 7.88. The summed E-state index contributed by atoms with van der Waals surface area (Å²) in [5.41, 5.74) is 0. The molecule has 0 aliphatic rings. The van der Waals surface area contributed by atoms with Crippen molar-refractivity contribution in [1.82, 2.24) is 0 Å². The average molecular weight is 328 g/mol. The summed E-state index contributed by atoms with van der Waals surface area (Å²) in [6, 6.07) is 0. The summed E-state index contributed by atoms with van der Waals surface area (Å²) in [5.74, 6) is 0. The van der Waals surface area contributed by atoms with Gasteiger partial charge in [0.1, 0.15) is 0 Å². The highest BCUT2D eigenvalue weighted by Crippen LogP contribution is 2.26. The van der Waals surface area contributed by atoms with Crippen LogP contribution < -0.4 is 0 Å². The largest absolute Gasteiger partial charge is 0.396 e. The number of aliphatic hydroxyl groups is 2. The summed E-state index contributed by atoms with van der Waals surface area (Å²) in [7, 11) is 0. The molecule has 0 aromatic carbocycles. The Bertz CT molecular complexity index is 49.4. The molecule has 0 radical (unpaired) electrons. The monoisotopic (exact) mass is 328 g/mol. The van der Waals surface area contributed by atoms with Gasteiger partial charge in [-0.2, -0.15) is 0 Å². The SMILES string of the molecule is OCCC(O)(I)I. The third-order valence-corrected chi connectivity index (χ3v) is 1.49. The highest BCUT2D eigenvalue weighted by Gasteiger charge is 2.14. The predicted molar refractivity (Wildman–Crippen MR) is 44.7 cm³/mol. The molecule has 0 spiro atoms. The lowest BCUT2D eigenvalue weighted by atomic mass is 10.5. The molecule has 0 saturated heterocycles. The van der Waals surface area contributed by atoms with Gasteiger partial charge >= 0.3 is 0 Å². The number of rotatable bonds is 2. The van der Waals surface area contributed by atoms with Crippen LogP contribution in [0.15, 0.2) is 0 Å². The third kappa shape index (κ3) is 7.38. The molecule has 0 unspecified atom stereocenters. The van der Waals surface area contributed by atoms with Gasteiger partial charge in [0, 0.05) is 13.0 Å². The van der Waals surface area contributed by atoms with E-state index in [1.807, 2.05) is 45.2 Å². The van der Waals surface area contributed by atoms with Gasteiger partial charge in [-0.05, 0) is 45.2 Å². The lowest BCUT2D eigenvalue weighted by Gasteiger charge is -2.08. The van der Waals surface area contributed by atoms with Crippen molar-refractivity contribution in [1.29, 1.82) is 0 Å². The molecule has 0 bridgehead atoms. The molecule has 44 valence electrons. The molecule has 0 fully saturated rings. The number of aliphatic hydroxyl groups excluding tert-OH is 1. The first-order valence-corrected chi connectivity index (χ1v) is 3.93. The van der Waals surface area contributed by atoms with Gasteiger partial charge in [-0.1, -0.05) is 0 Å². The van der Waals surface area contributed by atoms with Crippen molar-refractivity contribution in [3.05, 3.63) is 0 Å². The topological polar surface area (TPSA) is 40.5 Å². The van der Waals surface area contributed by atoms with Crippen LogP contribution in [0.1, 0.15) is 6.42 Å². The maximum absolute atomic E-state index is 8.83. The van der Waals surface area contributed by atoms with Gasteiger partial charge in [0.05, 0.1) is 0 Å². The maximum atomic E-state index is 8.83. The molecule has 0 aromatic heterocycles. The van der Waals surface area contributed by atoms with Gasteiger partial charge < -0.3 is 10.2 Å². The van der Waals surface area contributed by atoms with E-state index < -0.39 is 1.61 Å². The zero-order chi connectivity index (χ0) is 5.91. The molecular formula is C3H6I2O2. The highest BCUT2D eigenvalue weighted by molar-refractivity contribution is 14.2. The minimum Gasteiger partial charge on any atom is -0.396 e. The lowest BCUT2D eigenvalue weighted by molar-refractivity contribution is 0.198. The Hall–Kier alpha value is 1.38. The van der Waals surface area contributed by atoms with Crippen molar-refractivity contribution in [2.45, 2.75) is 8.04 Å². The highest BCUT2D eigenvalue weighted by atomic mass is 127. The Morgan fingerprint density at radius 2 is 1.86 bits per heavy atom. The van der Waals surface area contributed by atoms with Crippen LogP contribution in [0.5, 0.6) is 0 Å². The number of halogens is 2. The van der Waals surface area contributed by atoms with Gasteiger partial charge in [-0.15, -0.1) is 0 Å². The van der Waals surface area contributed by atoms with Gasteiger partial charge in [0.25, 0.3) is 0 Å². The Morgan fingerprint density at radius 1 is 1.43 bits per heavy atom. The Balaban J connectivity index is 3.15. The Morgan fingerprint density at radius 3 is 1.86 bits per heavy atom. The Labute approximate surface area is 69.6 Å². The van der Waals surface area contributed by atoms with Gasteiger partial charge in [0.2, 0.25) is 0 Å². The van der Waals surface area contributed by atoms with Crippen LogP contribution in [-0.2, 0) is 0 Å². The van der Waals surface area contributed by atoms with Crippen LogP contribution in [-0.4, -0.2) is 18.4 Å². The fourth-order valence-corrected chi connectivity index (χ4v) is 0.617. The second-order valence-electron chi connectivity index (χ2n) is 1.14. The first-order valence-electron chi connectivity index (χ1n) is 1.77. The van der Waals surface area contributed by atoms with Crippen LogP contribution in [0.4, 0.5) is 0 Å². The van der Waals surface area contributed by atoms with Crippen molar-refractivity contribution in [2.75, 3.05) is 6.61 Å². The van der Waals surface area contributed by atoms with Gasteiger partial charge in [0.15, 0.2) is 1.61 Å². The number of hydrogen-bond acceptors (Lipinski definition) is 2. The molecule has 0 amide bonds. The van der Waals surface area contributed by atoms with Crippen LogP contribution in [0.2, 0.25) is 0 Å². The molecule has 2 N–H and O–H groups in total. The van der Waals surface area contributed by atoms with Crippen LogP contribution in [0.3, 0.4) is 0 Å². The van der Waals surface area contributed by atoms with Gasteiger partial charge in [-0.3, -0.25) is 0 Å². The van der Waals surface area contributed by atoms with Crippen molar-refractivity contribution < 1.29 is 10.2 Å². The second-order valence-corrected chi connectivity index (χ2v) is 6.77. The second kappa shape index (κ2) is 3.41. The van der Waals surface area contributed by atoms with E-state index in [0.717, 1.165) is 0 Å². The molecule has 0 saturated carbocycles. The van der Waals surface area contributed by atoms with Crippen LogP contribution in [0, 0.1) is 0 Å². The summed E-state index contributed by atoms with van der Waals surface area (Å²) in [5, 5.41) is 17.1. The summed E-state index contributed by atoms with van der Waals surface area (Å²) < 4.78 is -0.760. The van der Waals surface area contributed by atoms with E-state index >= 15 is 0 Å². The summed E-state index contributed by atoms with van der Waals surface area (Å²) in [6.07, 6.45) is 0.425. The molecule has 0 aliphatic heterocycles. The minimum absolute atomic E-state index is 0.0440. The molecule has 0 rings (SSSR count). The summed E-state index contributed by atoms with van der Waals surface area (Å²) in [4.78, 5) is 0. The van der Waals surface area contributed by atoms with E-state index in [9.17, 15) is 0 Å². The number of alkyl halides is 2. The van der Waals surface area contributed by atoms with E-state index in [-0.39, 0.29) is 6.61 Å². The van der Waals surface area contributed by atoms with E-state index in [4.69, 9.17) is 10.2 Å². The molecule has 0 atom stereocenters. The third-order valence-electron chi connectivity index (χ3n) is 0.413.